The van der Waals surface area contributed by atoms with Gasteiger partial charge in [-0.1, -0.05) is 12.1 Å². The minimum absolute atomic E-state index is 0.216. The van der Waals surface area contributed by atoms with E-state index in [1.54, 1.807) is 24.3 Å². The van der Waals surface area contributed by atoms with Crippen LogP contribution in [0.1, 0.15) is 0 Å². The minimum Gasteiger partial charge on any atom is -0.508 e. The fraction of sp³-hybridized carbons (Fsp3) is 0.214. The summed E-state index contributed by atoms with van der Waals surface area (Å²) in [5, 5.41) is 20.1. The van der Waals surface area contributed by atoms with Gasteiger partial charge in [-0.2, -0.15) is 0 Å². The lowest BCUT2D eigenvalue weighted by molar-refractivity contribution is -0.0979. The van der Waals surface area contributed by atoms with Crippen LogP contribution in [0.4, 0.5) is 0 Å². The van der Waals surface area contributed by atoms with Crippen molar-refractivity contribution in [3.63, 3.8) is 0 Å². The number of alkyl halides is 1. The number of hydrogen-bond donors (Lipinski definition) is 2. The number of rotatable bonds is 1. The molecule has 102 valence electrons. The number of hydrogen-bond acceptors (Lipinski definition) is 4. The van der Waals surface area contributed by atoms with Crippen LogP contribution in [0.15, 0.2) is 36.4 Å². The van der Waals surface area contributed by atoms with E-state index in [9.17, 15) is 0 Å². The van der Waals surface area contributed by atoms with Crippen molar-refractivity contribution in [1.29, 1.82) is 0 Å². The Labute approximate surface area is 116 Å². The van der Waals surface area contributed by atoms with Crippen molar-refractivity contribution in [2.24, 2.45) is 0 Å². The first-order valence-electron chi connectivity index (χ1n) is 5.57. The highest BCUT2D eigenvalue weighted by Crippen LogP contribution is 2.23. The molecule has 0 saturated carbocycles. The van der Waals surface area contributed by atoms with Gasteiger partial charge in [0.1, 0.15) is 18.3 Å². The summed E-state index contributed by atoms with van der Waals surface area (Å²) in [5.41, 5.74) is 0. The lowest BCUT2D eigenvalue weighted by atomic mass is 10.1. The van der Waals surface area contributed by atoms with Crippen molar-refractivity contribution in [2.45, 2.75) is 6.10 Å². The first kappa shape index (κ1) is 15.3. The summed E-state index contributed by atoms with van der Waals surface area (Å²) in [4.78, 5) is 8.00. The maximum absolute atomic E-state index is 9.14. The summed E-state index contributed by atoms with van der Waals surface area (Å²) in [7, 11) is 0. The Bertz CT molecular complexity index is 489. The lowest BCUT2D eigenvalue weighted by Gasteiger charge is -1.98. The molecule has 0 bridgehead atoms. The smallest absolute Gasteiger partial charge is 0.116 e. The molecule has 1 fully saturated rings. The molecule has 0 radical (unpaired) electrons. The normalized spacial score (nSPS) is 15.7. The summed E-state index contributed by atoms with van der Waals surface area (Å²) in [5.74, 6) is 1.10. The molecule has 2 N–H and O–H groups in total. The summed E-state index contributed by atoms with van der Waals surface area (Å²) < 4.78 is 4.73. The van der Waals surface area contributed by atoms with E-state index in [1.807, 2.05) is 18.9 Å². The topological polar surface area (TPSA) is 70.1 Å². The molecular weight excluding hydrogens is 268 g/mol. The third kappa shape index (κ3) is 5.16. The maximum Gasteiger partial charge on any atom is 0.116 e. The van der Waals surface area contributed by atoms with Gasteiger partial charge in [-0.05, 0) is 35.0 Å². The molecule has 19 heavy (non-hydrogen) atoms. The number of epoxide rings is 1. The molecule has 0 aromatic heterocycles. The van der Waals surface area contributed by atoms with Crippen molar-refractivity contribution in [3.8, 4) is 11.5 Å². The number of benzene rings is 2. The predicted molar refractivity (Wildman–Crippen MR) is 74.9 cm³/mol. The number of ether oxygens (including phenoxy) is 1. The Kier molecular flexibility index (Phi) is 6.12. The van der Waals surface area contributed by atoms with E-state index < -0.39 is 0 Å². The number of halogens is 1. The number of carbonyl (C=O) groups is 1. The van der Waals surface area contributed by atoms with Gasteiger partial charge < -0.3 is 19.7 Å². The second kappa shape index (κ2) is 7.61. The molecule has 1 heterocycles. The monoisotopic (exact) mass is 282 g/mol. The highest BCUT2D eigenvalue weighted by Gasteiger charge is 2.19. The van der Waals surface area contributed by atoms with Crippen molar-refractivity contribution < 1.29 is 19.7 Å². The molecule has 5 heteroatoms. The first-order valence-corrected chi connectivity index (χ1v) is 6.10. The van der Waals surface area contributed by atoms with Crippen molar-refractivity contribution >= 4 is 29.2 Å². The van der Waals surface area contributed by atoms with Crippen LogP contribution < -0.4 is 0 Å². The number of carbonyl (C=O) groups excluding carboxylic acids is 1. The molecule has 0 amide bonds. The molecule has 4 nitrogen and oxygen atoms in total. The third-order valence-corrected chi connectivity index (χ3v) is 2.73. The highest BCUT2D eigenvalue weighted by molar-refractivity contribution is 6.18. The van der Waals surface area contributed by atoms with Gasteiger partial charge in [-0.25, -0.2) is 0 Å². The number of aromatic hydroxyl groups is 2. The van der Waals surface area contributed by atoms with Gasteiger partial charge in [-0.3, -0.25) is 0 Å². The van der Waals surface area contributed by atoms with Crippen LogP contribution in [0.5, 0.6) is 11.5 Å². The fourth-order valence-corrected chi connectivity index (χ4v) is 1.56. The Balaban J connectivity index is 0.000000216. The Morgan fingerprint density at radius 1 is 1.11 bits per heavy atom. The molecule has 1 aliphatic rings. The Morgan fingerprint density at radius 3 is 1.89 bits per heavy atom. The third-order valence-electron chi connectivity index (χ3n) is 2.38. The molecule has 1 saturated heterocycles. The van der Waals surface area contributed by atoms with E-state index in [-0.39, 0.29) is 11.5 Å². The standard InChI is InChI=1S/C10H8O2.C3H5ClO.CH2O/c11-9-3-1-7-2-4-10(12)6-8(7)5-9;4-1-3-2-5-3;1-2/h1-6,11-12H;3H,1-2H2;1H2. The molecule has 3 rings (SSSR count). The molecule has 0 spiro atoms. The minimum atomic E-state index is 0.216. The highest BCUT2D eigenvalue weighted by atomic mass is 35.5. The molecule has 0 aliphatic carbocycles. The van der Waals surface area contributed by atoms with Crippen molar-refractivity contribution in [3.05, 3.63) is 36.4 Å². The zero-order chi connectivity index (χ0) is 14.3. The second-order valence-electron chi connectivity index (χ2n) is 3.83. The number of fused-ring (bicyclic) bond motifs is 1. The summed E-state index contributed by atoms with van der Waals surface area (Å²) in [6.07, 6.45) is 0.400. The fourth-order valence-electron chi connectivity index (χ4n) is 1.38. The van der Waals surface area contributed by atoms with E-state index in [0.29, 0.717) is 12.0 Å². The molecule has 1 aliphatic heterocycles. The quantitative estimate of drug-likeness (QED) is 0.623. The second-order valence-corrected chi connectivity index (χ2v) is 4.13. The van der Waals surface area contributed by atoms with Crippen LogP contribution in [0.25, 0.3) is 10.8 Å². The van der Waals surface area contributed by atoms with Gasteiger partial charge in [0.2, 0.25) is 0 Å². The van der Waals surface area contributed by atoms with Gasteiger partial charge in [0, 0.05) is 0 Å². The van der Waals surface area contributed by atoms with Crippen LogP contribution >= 0.6 is 11.6 Å². The van der Waals surface area contributed by atoms with Crippen LogP contribution in [-0.4, -0.2) is 35.6 Å². The molecule has 1 unspecified atom stereocenters. The van der Waals surface area contributed by atoms with Crippen LogP contribution in [-0.2, 0) is 9.53 Å². The van der Waals surface area contributed by atoms with Gasteiger partial charge in [-0.15, -0.1) is 11.6 Å². The lowest BCUT2D eigenvalue weighted by Crippen LogP contribution is -1.80. The molecule has 2 aromatic rings. The molecule has 2 aromatic carbocycles. The zero-order valence-electron chi connectivity index (χ0n) is 10.3. The van der Waals surface area contributed by atoms with E-state index in [4.69, 9.17) is 31.3 Å². The average Bonchev–Trinajstić information content (AvgIpc) is 3.25. The number of phenols is 2. The Hall–Kier alpha value is -1.78. The van der Waals surface area contributed by atoms with Crippen molar-refractivity contribution in [2.75, 3.05) is 12.5 Å². The average molecular weight is 283 g/mol. The van der Waals surface area contributed by atoms with E-state index in [0.717, 1.165) is 17.4 Å². The summed E-state index contributed by atoms with van der Waals surface area (Å²) in [6.45, 7) is 2.88. The first-order chi connectivity index (χ1) is 9.19. The SMILES string of the molecule is C=O.ClCC1CO1.Oc1ccc2ccc(O)cc2c1. The van der Waals surface area contributed by atoms with E-state index >= 15 is 0 Å². The predicted octanol–water partition coefficient (Wildman–Crippen LogP) is 2.69. The Morgan fingerprint density at radius 2 is 1.58 bits per heavy atom. The van der Waals surface area contributed by atoms with Crippen LogP contribution in [0.3, 0.4) is 0 Å². The largest absolute Gasteiger partial charge is 0.508 e. The zero-order valence-corrected chi connectivity index (χ0v) is 11.0. The van der Waals surface area contributed by atoms with Gasteiger partial charge in [0.25, 0.3) is 0 Å². The molecular formula is C14H15ClO4. The van der Waals surface area contributed by atoms with E-state index in [2.05, 4.69) is 0 Å². The van der Waals surface area contributed by atoms with Gasteiger partial charge >= 0.3 is 0 Å². The maximum atomic E-state index is 9.14. The molecule has 1 atom stereocenters. The summed E-state index contributed by atoms with van der Waals surface area (Å²) >= 11 is 5.27. The number of phenolic OH excluding ortho intramolecular Hbond substituents is 2. The van der Waals surface area contributed by atoms with Gasteiger partial charge in [0.15, 0.2) is 0 Å². The van der Waals surface area contributed by atoms with Crippen LogP contribution in [0.2, 0.25) is 0 Å². The van der Waals surface area contributed by atoms with Crippen molar-refractivity contribution in [1.82, 2.24) is 0 Å². The summed E-state index contributed by atoms with van der Waals surface area (Å²) in [6, 6.07) is 10.1. The van der Waals surface area contributed by atoms with E-state index in [1.165, 1.54) is 0 Å². The van der Waals surface area contributed by atoms with Crippen LogP contribution in [0, 0.1) is 0 Å². The van der Waals surface area contributed by atoms with Gasteiger partial charge in [0.05, 0.1) is 18.6 Å².